The number of nitrogens with two attached hydrogens (primary N) is 1. The number of primary amides is 1. The number of hydrogen-bond donors (Lipinski definition) is 6. The molecule has 0 aliphatic rings. The van der Waals surface area contributed by atoms with Gasteiger partial charge in [-0.2, -0.15) is 0 Å². The van der Waals surface area contributed by atoms with Crippen LogP contribution in [0.2, 0.25) is 0 Å². The average Bonchev–Trinajstić information content (AvgIpc) is 2.83. The molecule has 2 unspecified atom stereocenters. The van der Waals surface area contributed by atoms with Crippen LogP contribution in [0.5, 0.6) is 0 Å². The number of allylic oxidation sites excluding steroid dienone is 2. The van der Waals surface area contributed by atoms with Crippen molar-refractivity contribution in [1.29, 1.82) is 0 Å². The maximum absolute atomic E-state index is 13.0. The minimum atomic E-state index is -1.37. The molecule has 2 atom stereocenters. The van der Waals surface area contributed by atoms with E-state index in [9.17, 15) is 24.0 Å². The first kappa shape index (κ1) is 31.5. The molecule has 1 aromatic carbocycles. The third-order valence-electron chi connectivity index (χ3n) is 4.98. The van der Waals surface area contributed by atoms with Gasteiger partial charge in [-0.15, -0.1) is 0 Å². The van der Waals surface area contributed by atoms with Crippen molar-refractivity contribution in [3.63, 3.8) is 0 Å². The van der Waals surface area contributed by atoms with Gasteiger partial charge in [0.05, 0.1) is 0 Å². The normalized spacial score (nSPS) is 12.2. The number of ether oxygens (including phenoxy) is 2. The van der Waals surface area contributed by atoms with Crippen LogP contribution in [-0.2, 0) is 25.7 Å². The molecular formula is C25H35N5O8. The highest BCUT2D eigenvalue weighted by Gasteiger charge is 2.28. The van der Waals surface area contributed by atoms with E-state index >= 15 is 0 Å². The van der Waals surface area contributed by atoms with Crippen LogP contribution in [0.4, 0.5) is 20.1 Å². The minimum Gasteiger partial charge on any atom is -0.465 e. The van der Waals surface area contributed by atoms with Gasteiger partial charge in [-0.25, -0.2) is 14.4 Å². The fourth-order valence-electron chi connectivity index (χ4n) is 3.13. The van der Waals surface area contributed by atoms with Gasteiger partial charge in [0.1, 0.15) is 24.4 Å². The number of urea groups is 1. The fourth-order valence-corrected chi connectivity index (χ4v) is 3.13. The Bertz CT molecular complexity index is 1020. The zero-order chi connectivity index (χ0) is 28.7. The molecule has 7 N–H and O–H groups in total. The molecule has 0 fully saturated rings. The SMILES string of the molecule is C=C(/C=C\C)OC(=O)OCc1ccc(NC(=O)C(CCCNC(N)=O)NC(=O)C(NC(=O)O)C(C)C)cc1. The second-order valence-corrected chi connectivity index (χ2v) is 8.46. The molecule has 13 nitrogen and oxygen atoms in total. The molecule has 1 rings (SSSR count). The Morgan fingerprint density at radius 2 is 1.74 bits per heavy atom. The Balaban J connectivity index is 2.82. The lowest BCUT2D eigenvalue weighted by atomic mass is 10.0. The summed E-state index contributed by atoms with van der Waals surface area (Å²) in [6, 6.07) is 3.58. The summed E-state index contributed by atoms with van der Waals surface area (Å²) in [5.41, 5.74) is 6.08. The van der Waals surface area contributed by atoms with Crippen LogP contribution in [0.25, 0.3) is 0 Å². The molecular weight excluding hydrogens is 498 g/mol. The smallest absolute Gasteiger partial charge is 0.465 e. The predicted octanol–water partition coefficient (Wildman–Crippen LogP) is 2.59. The summed E-state index contributed by atoms with van der Waals surface area (Å²) in [5.74, 6) is -1.45. The van der Waals surface area contributed by atoms with Crippen molar-refractivity contribution in [1.82, 2.24) is 16.0 Å². The van der Waals surface area contributed by atoms with Gasteiger partial charge in [0.2, 0.25) is 11.8 Å². The van der Waals surface area contributed by atoms with Crippen LogP contribution in [0.1, 0.15) is 39.2 Å². The van der Waals surface area contributed by atoms with E-state index in [0.29, 0.717) is 17.7 Å². The molecule has 13 heteroatoms. The van der Waals surface area contributed by atoms with Gasteiger partial charge in [-0.3, -0.25) is 9.59 Å². The van der Waals surface area contributed by atoms with E-state index in [-0.39, 0.29) is 31.2 Å². The second kappa shape index (κ2) is 16.2. The number of benzene rings is 1. The quantitative estimate of drug-likeness (QED) is 0.0907. The average molecular weight is 534 g/mol. The van der Waals surface area contributed by atoms with Crippen LogP contribution in [0, 0.1) is 5.92 Å². The van der Waals surface area contributed by atoms with Crippen molar-refractivity contribution in [2.75, 3.05) is 11.9 Å². The molecule has 0 aliphatic heterocycles. The maximum atomic E-state index is 13.0. The Hall–Kier alpha value is -4.55. The van der Waals surface area contributed by atoms with Gasteiger partial charge in [-0.05, 0) is 49.5 Å². The highest BCUT2D eigenvalue weighted by atomic mass is 16.7. The summed E-state index contributed by atoms with van der Waals surface area (Å²) >= 11 is 0. The van der Waals surface area contributed by atoms with E-state index in [0.717, 1.165) is 0 Å². The number of carbonyl (C=O) groups is 5. The molecule has 5 amide bonds. The van der Waals surface area contributed by atoms with E-state index < -0.39 is 42.2 Å². The van der Waals surface area contributed by atoms with Crippen molar-refractivity contribution in [3.05, 3.63) is 54.3 Å². The van der Waals surface area contributed by atoms with Crippen LogP contribution in [0.15, 0.2) is 48.8 Å². The van der Waals surface area contributed by atoms with Gasteiger partial charge >= 0.3 is 18.3 Å². The third kappa shape index (κ3) is 12.4. The van der Waals surface area contributed by atoms with Crippen molar-refractivity contribution in [2.45, 2.75) is 52.3 Å². The van der Waals surface area contributed by atoms with Crippen LogP contribution in [-0.4, -0.2) is 53.8 Å². The van der Waals surface area contributed by atoms with Gasteiger partial charge in [0.25, 0.3) is 0 Å². The molecule has 0 aliphatic carbocycles. The molecule has 208 valence electrons. The standard InChI is InChI=1S/C25H35N5O8/c1-5-7-16(4)38-25(36)37-14-17-9-11-18(12-10-17)28-21(31)19(8-6-13-27-23(26)33)29-22(32)20(15(2)3)30-24(34)35/h5,7,9-12,15,19-20,30H,4,6,8,13-14H2,1-3H3,(H,28,31)(H,29,32)(H,34,35)(H3,26,27,33)/b7-5-. The van der Waals surface area contributed by atoms with Crippen LogP contribution in [0.3, 0.4) is 0 Å². The monoisotopic (exact) mass is 533 g/mol. The van der Waals surface area contributed by atoms with Gasteiger partial charge in [0, 0.05) is 12.2 Å². The zero-order valence-electron chi connectivity index (χ0n) is 21.6. The first-order valence-corrected chi connectivity index (χ1v) is 11.8. The van der Waals surface area contributed by atoms with Gasteiger partial charge < -0.3 is 41.6 Å². The maximum Gasteiger partial charge on any atom is 0.514 e. The lowest BCUT2D eigenvalue weighted by Gasteiger charge is -2.24. The van der Waals surface area contributed by atoms with Crippen LogP contribution < -0.4 is 27.0 Å². The second-order valence-electron chi connectivity index (χ2n) is 8.46. The van der Waals surface area contributed by atoms with Crippen molar-refractivity contribution in [3.8, 4) is 0 Å². The number of carboxylic acid groups (broad SMARTS) is 1. The summed E-state index contributed by atoms with van der Waals surface area (Å²) in [4.78, 5) is 59.4. The number of rotatable bonds is 14. The Morgan fingerprint density at radius 3 is 2.29 bits per heavy atom. The highest BCUT2D eigenvalue weighted by molar-refractivity contribution is 5.98. The number of anilines is 1. The molecule has 0 spiro atoms. The van der Waals surface area contributed by atoms with Crippen LogP contribution >= 0.6 is 0 Å². The van der Waals surface area contributed by atoms with E-state index in [1.165, 1.54) is 6.08 Å². The van der Waals surface area contributed by atoms with E-state index in [1.54, 1.807) is 51.1 Å². The van der Waals surface area contributed by atoms with E-state index in [4.69, 9.17) is 20.3 Å². The van der Waals surface area contributed by atoms with E-state index in [2.05, 4.69) is 27.8 Å². The molecule has 0 heterocycles. The summed E-state index contributed by atoms with van der Waals surface area (Å²) in [6.45, 7) is 8.71. The Morgan fingerprint density at radius 1 is 1.08 bits per heavy atom. The number of hydrogen-bond acceptors (Lipinski definition) is 7. The summed E-state index contributed by atoms with van der Waals surface area (Å²) in [6.07, 6.45) is 1.34. The summed E-state index contributed by atoms with van der Waals surface area (Å²) < 4.78 is 9.86. The van der Waals surface area contributed by atoms with Gasteiger partial charge in [0.15, 0.2) is 0 Å². The van der Waals surface area contributed by atoms with Crippen molar-refractivity contribution in [2.24, 2.45) is 11.7 Å². The molecule has 0 radical (unpaired) electrons. The number of nitrogens with one attached hydrogen (secondary N) is 4. The van der Waals surface area contributed by atoms with Crippen molar-refractivity contribution < 1.29 is 38.6 Å². The largest absolute Gasteiger partial charge is 0.514 e. The van der Waals surface area contributed by atoms with Crippen molar-refractivity contribution >= 4 is 35.8 Å². The first-order valence-electron chi connectivity index (χ1n) is 11.8. The molecule has 1 aromatic rings. The Kier molecular flexibility index (Phi) is 13.5. The Labute approximate surface area is 220 Å². The zero-order valence-corrected chi connectivity index (χ0v) is 21.6. The van der Waals surface area contributed by atoms with E-state index in [1.807, 2.05) is 0 Å². The number of carbonyl (C=O) groups excluding carboxylic acids is 4. The summed E-state index contributed by atoms with van der Waals surface area (Å²) in [7, 11) is 0. The summed E-state index contributed by atoms with van der Waals surface area (Å²) in [5, 5.41) is 18.8. The topological polar surface area (TPSA) is 198 Å². The third-order valence-corrected chi connectivity index (χ3v) is 4.98. The molecule has 0 saturated carbocycles. The lowest BCUT2D eigenvalue weighted by molar-refractivity contribution is -0.128. The lowest BCUT2D eigenvalue weighted by Crippen LogP contribution is -2.54. The fraction of sp³-hybridized carbons (Fsp3) is 0.400. The highest BCUT2D eigenvalue weighted by Crippen LogP contribution is 2.13. The predicted molar refractivity (Wildman–Crippen MR) is 139 cm³/mol. The van der Waals surface area contributed by atoms with Gasteiger partial charge in [-0.1, -0.05) is 38.6 Å². The minimum absolute atomic E-state index is 0.0745. The molecule has 0 saturated heterocycles. The molecule has 0 bridgehead atoms. The molecule has 0 aromatic heterocycles. The first-order chi connectivity index (χ1) is 17.9. The molecule has 38 heavy (non-hydrogen) atoms. The number of amides is 5.